The Hall–Kier alpha value is -0.610. The van der Waals surface area contributed by atoms with Gasteiger partial charge in [0.15, 0.2) is 11.6 Å². The van der Waals surface area contributed by atoms with Crippen LogP contribution in [0.5, 0.6) is 0 Å². The van der Waals surface area contributed by atoms with Gasteiger partial charge in [-0.05, 0) is 30.7 Å². The SMILES string of the molecule is CNC1c2cc(F)c(F)cc2SCC1C. The summed E-state index contributed by atoms with van der Waals surface area (Å²) in [5.74, 6) is -0.157. The third kappa shape index (κ3) is 1.88. The van der Waals surface area contributed by atoms with E-state index in [0.717, 1.165) is 16.2 Å². The van der Waals surface area contributed by atoms with Crippen molar-refractivity contribution < 1.29 is 8.78 Å². The van der Waals surface area contributed by atoms with E-state index in [4.69, 9.17) is 0 Å². The van der Waals surface area contributed by atoms with E-state index in [2.05, 4.69) is 12.2 Å². The number of benzene rings is 1. The summed E-state index contributed by atoms with van der Waals surface area (Å²) >= 11 is 1.59. The second-order valence-corrected chi connectivity index (χ2v) is 4.92. The molecule has 0 amide bonds. The molecule has 1 aromatic rings. The van der Waals surface area contributed by atoms with E-state index in [9.17, 15) is 8.78 Å². The molecule has 0 saturated heterocycles. The van der Waals surface area contributed by atoms with Crippen molar-refractivity contribution in [1.29, 1.82) is 0 Å². The minimum absolute atomic E-state index is 0.122. The first-order valence-corrected chi connectivity index (χ1v) is 5.91. The molecule has 0 bridgehead atoms. The van der Waals surface area contributed by atoms with Crippen molar-refractivity contribution in [2.75, 3.05) is 12.8 Å². The van der Waals surface area contributed by atoms with Crippen LogP contribution in [-0.4, -0.2) is 12.8 Å². The summed E-state index contributed by atoms with van der Waals surface area (Å²) < 4.78 is 26.2. The molecule has 0 aliphatic carbocycles. The van der Waals surface area contributed by atoms with Crippen LogP contribution < -0.4 is 5.32 Å². The number of hydrogen-bond acceptors (Lipinski definition) is 2. The van der Waals surface area contributed by atoms with Crippen LogP contribution in [0.3, 0.4) is 0 Å². The van der Waals surface area contributed by atoms with Gasteiger partial charge in [0, 0.05) is 16.7 Å². The first-order chi connectivity index (χ1) is 7.13. The van der Waals surface area contributed by atoms with E-state index in [1.165, 1.54) is 12.1 Å². The lowest BCUT2D eigenvalue weighted by molar-refractivity contribution is 0.428. The predicted octanol–water partition coefficient (Wildman–Crippen LogP) is 2.97. The largest absolute Gasteiger partial charge is 0.313 e. The van der Waals surface area contributed by atoms with Crippen LogP contribution in [0.4, 0.5) is 8.78 Å². The Bertz CT molecular complexity index is 381. The summed E-state index contributed by atoms with van der Waals surface area (Å²) in [5.41, 5.74) is 0.875. The number of nitrogens with one attached hydrogen (secondary N) is 1. The molecule has 82 valence electrons. The van der Waals surface area contributed by atoms with Crippen LogP contribution in [0.15, 0.2) is 17.0 Å². The zero-order chi connectivity index (χ0) is 11.0. The molecule has 0 saturated carbocycles. The molecule has 1 nitrogen and oxygen atoms in total. The molecule has 2 rings (SSSR count). The van der Waals surface area contributed by atoms with E-state index in [1.807, 2.05) is 7.05 Å². The quantitative estimate of drug-likeness (QED) is 0.794. The highest BCUT2D eigenvalue weighted by Gasteiger charge is 2.27. The molecule has 1 aliphatic rings. The normalized spacial score (nSPS) is 25.1. The summed E-state index contributed by atoms with van der Waals surface area (Å²) in [7, 11) is 1.85. The molecule has 0 radical (unpaired) electrons. The Balaban J connectivity index is 2.48. The highest BCUT2D eigenvalue weighted by Crippen LogP contribution is 2.40. The smallest absolute Gasteiger partial charge is 0.159 e. The van der Waals surface area contributed by atoms with Gasteiger partial charge in [-0.2, -0.15) is 0 Å². The third-order valence-electron chi connectivity index (χ3n) is 2.77. The fourth-order valence-corrected chi connectivity index (χ4v) is 3.15. The van der Waals surface area contributed by atoms with E-state index in [1.54, 1.807) is 11.8 Å². The number of hydrogen-bond donors (Lipinski definition) is 1. The van der Waals surface area contributed by atoms with Gasteiger partial charge in [-0.15, -0.1) is 11.8 Å². The molecule has 0 aromatic heterocycles. The van der Waals surface area contributed by atoms with Crippen molar-refractivity contribution in [3.8, 4) is 0 Å². The Morgan fingerprint density at radius 1 is 1.33 bits per heavy atom. The van der Waals surface area contributed by atoms with Gasteiger partial charge in [0.2, 0.25) is 0 Å². The van der Waals surface area contributed by atoms with Crippen molar-refractivity contribution in [2.24, 2.45) is 5.92 Å². The minimum atomic E-state index is -0.760. The van der Waals surface area contributed by atoms with Gasteiger partial charge in [-0.25, -0.2) is 8.78 Å². The van der Waals surface area contributed by atoms with Gasteiger partial charge < -0.3 is 5.32 Å². The first-order valence-electron chi connectivity index (χ1n) is 4.92. The van der Waals surface area contributed by atoms with Crippen LogP contribution in [0, 0.1) is 17.6 Å². The lowest BCUT2D eigenvalue weighted by Crippen LogP contribution is -2.28. The zero-order valence-corrected chi connectivity index (χ0v) is 9.50. The Labute approximate surface area is 92.3 Å². The minimum Gasteiger partial charge on any atom is -0.313 e. The van der Waals surface area contributed by atoms with Crippen LogP contribution in [0.25, 0.3) is 0 Å². The molecular weight excluding hydrogens is 216 g/mol. The van der Waals surface area contributed by atoms with Crippen molar-refractivity contribution in [2.45, 2.75) is 17.9 Å². The Morgan fingerprint density at radius 3 is 2.67 bits per heavy atom. The summed E-state index contributed by atoms with van der Waals surface area (Å²) in [6, 6.07) is 2.73. The van der Waals surface area contributed by atoms with Crippen molar-refractivity contribution in [3.63, 3.8) is 0 Å². The van der Waals surface area contributed by atoms with Gasteiger partial charge in [0.25, 0.3) is 0 Å². The van der Waals surface area contributed by atoms with Gasteiger partial charge >= 0.3 is 0 Å². The molecule has 15 heavy (non-hydrogen) atoms. The van der Waals surface area contributed by atoms with E-state index in [0.29, 0.717) is 5.92 Å². The van der Waals surface area contributed by atoms with Crippen LogP contribution in [0.2, 0.25) is 0 Å². The highest BCUT2D eigenvalue weighted by molar-refractivity contribution is 7.99. The molecule has 1 N–H and O–H groups in total. The molecule has 2 unspecified atom stereocenters. The highest BCUT2D eigenvalue weighted by atomic mass is 32.2. The Kier molecular flexibility index (Phi) is 2.98. The van der Waals surface area contributed by atoms with Crippen LogP contribution in [-0.2, 0) is 0 Å². The predicted molar refractivity (Wildman–Crippen MR) is 58.0 cm³/mol. The first kappa shape index (κ1) is 10.9. The third-order valence-corrected chi connectivity index (χ3v) is 4.13. The number of thioether (sulfide) groups is 1. The maximum absolute atomic E-state index is 13.1. The maximum Gasteiger partial charge on any atom is 0.159 e. The van der Waals surface area contributed by atoms with Crippen molar-refractivity contribution in [3.05, 3.63) is 29.3 Å². The van der Waals surface area contributed by atoms with Crippen LogP contribution >= 0.6 is 11.8 Å². The summed E-state index contributed by atoms with van der Waals surface area (Å²) in [5, 5.41) is 3.15. The monoisotopic (exact) mass is 229 g/mol. The van der Waals surface area contributed by atoms with Crippen LogP contribution in [0.1, 0.15) is 18.5 Å². The van der Waals surface area contributed by atoms with Crippen molar-refractivity contribution in [1.82, 2.24) is 5.32 Å². The second kappa shape index (κ2) is 4.10. The summed E-state index contributed by atoms with van der Waals surface area (Å²) in [4.78, 5) is 0.853. The fraction of sp³-hybridized carbons (Fsp3) is 0.455. The van der Waals surface area contributed by atoms with Gasteiger partial charge in [0.1, 0.15) is 0 Å². The number of rotatable bonds is 1. The average molecular weight is 229 g/mol. The van der Waals surface area contributed by atoms with Gasteiger partial charge in [-0.3, -0.25) is 0 Å². The lowest BCUT2D eigenvalue weighted by Gasteiger charge is -2.30. The fourth-order valence-electron chi connectivity index (χ4n) is 1.98. The average Bonchev–Trinajstić information content (AvgIpc) is 2.21. The second-order valence-electron chi connectivity index (χ2n) is 3.86. The zero-order valence-electron chi connectivity index (χ0n) is 8.68. The summed E-state index contributed by atoms with van der Waals surface area (Å²) in [6.45, 7) is 2.11. The Morgan fingerprint density at radius 2 is 2.00 bits per heavy atom. The maximum atomic E-state index is 13.1. The molecule has 4 heteroatoms. The molecule has 0 fully saturated rings. The molecule has 1 aromatic carbocycles. The number of fused-ring (bicyclic) bond motifs is 1. The van der Waals surface area contributed by atoms with E-state index >= 15 is 0 Å². The van der Waals surface area contributed by atoms with Crippen molar-refractivity contribution >= 4 is 11.8 Å². The van der Waals surface area contributed by atoms with E-state index in [-0.39, 0.29) is 6.04 Å². The molecule has 2 atom stereocenters. The summed E-state index contributed by atoms with van der Waals surface area (Å²) in [6.07, 6.45) is 0. The molecule has 1 aliphatic heterocycles. The molecule has 0 spiro atoms. The topological polar surface area (TPSA) is 12.0 Å². The van der Waals surface area contributed by atoms with Gasteiger partial charge in [0.05, 0.1) is 0 Å². The lowest BCUT2D eigenvalue weighted by atomic mass is 9.95. The van der Waals surface area contributed by atoms with E-state index < -0.39 is 11.6 Å². The standard InChI is InChI=1S/C11H13F2NS/c1-6-5-15-10-4-9(13)8(12)3-7(10)11(6)14-2/h3-4,6,11,14H,5H2,1-2H3. The molecule has 1 heterocycles. The van der Waals surface area contributed by atoms with Gasteiger partial charge in [-0.1, -0.05) is 6.92 Å². The number of halogens is 2. The molecular formula is C11H13F2NS.